The minimum absolute atomic E-state index is 0.0237. The number of ether oxygens (including phenoxy) is 2. The molecule has 2 N–H and O–H groups in total. The lowest BCUT2D eigenvalue weighted by molar-refractivity contribution is 0.0951. The first-order chi connectivity index (χ1) is 13.0. The molecule has 6 nitrogen and oxygen atoms in total. The normalized spacial score (nSPS) is 10.5. The van der Waals surface area contributed by atoms with Crippen LogP contribution in [-0.2, 0) is 6.54 Å². The highest BCUT2D eigenvalue weighted by atomic mass is 19.1. The highest BCUT2D eigenvalue weighted by Gasteiger charge is 2.17. The summed E-state index contributed by atoms with van der Waals surface area (Å²) in [5.74, 6) is -0.772. The first kappa shape index (κ1) is 18.4. The molecule has 3 rings (SSSR count). The van der Waals surface area contributed by atoms with Gasteiger partial charge >= 0.3 is 0 Å². The molecule has 0 saturated carbocycles. The van der Waals surface area contributed by atoms with Gasteiger partial charge in [0.1, 0.15) is 11.6 Å². The van der Waals surface area contributed by atoms with Gasteiger partial charge in [-0.1, -0.05) is 0 Å². The van der Waals surface area contributed by atoms with Crippen molar-refractivity contribution in [1.82, 2.24) is 15.5 Å². The molecule has 0 aliphatic rings. The Bertz CT molecular complexity index is 952. The second kappa shape index (κ2) is 7.86. The molecular formula is C19H17F2N3O3. The van der Waals surface area contributed by atoms with Gasteiger partial charge in [-0.05, 0) is 35.9 Å². The Hall–Kier alpha value is -3.42. The maximum atomic E-state index is 13.3. The van der Waals surface area contributed by atoms with Crippen molar-refractivity contribution in [3.8, 4) is 22.8 Å². The predicted molar refractivity (Wildman–Crippen MR) is 94.7 cm³/mol. The minimum Gasteiger partial charge on any atom is -0.493 e. The predicted octanol–water partition coefficient (Wildman–Crippen LogP) is 3.30. The number of carbonyl (C=O) groups is 1. The van der Waals surface area contributed by atoms with Gasteiger partial charge in [0.05, 0.1) is 31.7 Å². The average molecular weight is 373 g/mol. The fraction of sp³-hybridized carbons (Fsp3) is 0.158. The number of nitrogens with one attached hydrogen (secondary N) is 2. The topological polar surface area (TPSA) is 76.2 Å². The van der Waals surface area contributed by atoms with Gasteiger partial charge in [-0.25, -0.2) is 8.78 Å². The number of halogens is 2. The molecule has 1 amide bonds. The van der Waals surface area contributed by atoms with Crippen LogP contribution in [0.2, 0.25) is 0 Å². The van der Waals surface area contributed by atoms with Crippen LogP contribution in [0.4, 0.5) is 8.78 Å². The quantitative estimate of drug-likeness (QED) is 0.695. The number of nitrogens with zero attached hydrogens (tertiary/aromatic N) is 1. The SMILES string of the molecule is COc1ccc(-c2[nH]ncc2C(=O)NCc2cc(F)cc(F)c2)cc1OC. The van der Waals surface area contributed by atoms with Crippen LogP contribution >= 0.6 is 0 Å². The second-order valence-corrected chi connectivity index (χ2v) is 5.69. The molecule has 0 fully saturated rings. The number of hydrogen-bond acceptors (Lipinski definition) is 4. The number of benzene rings is 2. The molecule has 0 atom stereocenters. The van der Waals surface area contributed by atoms with Gasteiger partial charge in [0.15, 0.2) is 11.5 Å². The zero-order valence-corrected chi connectivity index (χ0v) is 14.7. The molecule has 0 aliphatic carbocycles. The molecule has 2 aromatic carbocycles. The molecular weight excluding hydrogens is 356 g/mol. The number of aromatic nitrogens is 2. The largest absolute Gasteiger partial charge is 0.493 e. The Morgan fingerprint density at radius 2 is 1.78 bits per heavy atom. The summed E-state index contributed by atoms with van der Waals surface area (Å²) >= 11 is 0. The van der Waals surface area contributed by atoms with E-state index >= 15 is 0 Å². The van der Waals surface area contributed by atoms with Crippen LogP contribution < -0.4 is 14.8 Å². The van der Waals surface area contributed by atoms with E-state index in [4.69, 9.17) is 9.47 Å². The van der Waals surface area contributed by atoms with Crippen LogP contribution in [0, 0.1) is 11.6 Å². The Labute approximate surface area is 154 Å². The van der Waals surface area contributed by atoms with Crippen LogP contribution in [-0.4, -0.2) is 30.3 Å². The molecule has 0 bridgehead atoms. The van der Waals surface area contributed by atoms with Crippen LogP contribution in [0.15, 0.2) is 42.6 Å². The highest BCUT2D eigenvalue weighted by molar-refractivity contribution is 5.99. The lowest BCUT2D eigenvalue weighted by Crippen LogP contribution is -2.23. The van der Waals surface area contributed by atoms with E-state index in [1.165, 1.54) is 20.4 Å². The summed E-state index contributed by atoms with van der Waals surface area (Å²) in [7, 11) is 3.04. The average Bonchev–Trinajstić information content (AvgIpc) is 3.14. The second-order valence-electron chi connectivity index (χ2n) is 5.69. The van der Waals surface area contributed by atoms with E-state index in [9.17, 15) is 13.6 Å². The number of hydrogen-bond donors (Lipinski definition) is 2. The van der Waals surface area contributed by atoms with E-state index in [0.29, 0.717) is 33.9 Å². The smallest absolute Gasteiger partial charge is 0.255 e. The zero-order chi connectivity index (χ0) is 19.4. The van der Waals surface area contributed by atoms with Gasteiger partial charge in [-0.3, -0.25) is 9.89 Å². The van der Waals surface area contributed by atoms with Crippen molar-refractivity contribution in [2.45, 2.75) is 6.54 Å². The van der Waals surface area contributed by atoms with E-state index in [-0.39, 0.29) is 6.54 Å². The summed E-state index contributed by atoms with van der Waals surface area (Å²) in [6.45, 7) is -0.0237. The summed E-state index contributed by atoms with van der Waals surface area (Å²) in [5.41, 5.74) is 1.77. The van der Waals surface area contributed by atoms with Crippen molar-refractivity contribution in [3.05, 3.63) is 65.4 Å². The third-order valence-corrected chi connectivity index (χ3v) is 3.93. The molecule has 1 aromatic heterocycles. The van der Waals surface area contributed by atoms with Crippen molar-refractivity contribution in [1.29, 1.82) is 0 Å². The first-order valence-corrected chi connectivity index (χ1v) is 8.00. The summed E-state index contributed by atoms with van der Waals surface area (Å²) < 4.78 is 37.0. The van der Waals surface area contributed by atoms with Crippen LogP contribution in [0.3, 0.4) is 0 Å². The summed E-state index contributed by atoms with van der Waals surface area (Å²) in [4.78, 5) is 12.5. The number of aromatic amines is 1. The maximum absolute atomic E-state index is 13.3. The van der Waals surface area contributed by atoms with E-state index in [0.717, 1.165) is 18.2 Å². The monoisotopic (exact) mass is 373 g/mol. The molecule has 0 saturated heterocycles. The molecule has 27 heavy (non-hydrogen) atoms. The lowest BCUT2D eigenvalue weighted by Gasteiger charge is -2.10. The maximum Gasteiger partial charge on any atom is 0.255 e. The molecule has 140 valence electrons. The van der Waals surface area contributed by atoms with Crippen LogP contribution in [0.1, 0.15) is 15.9 Å². The number of carbonyl (C=O) groups excluding carboxylic acids is 1. The van der Waals surface area contributed by atoms with Crippen molar-refractivity contribution >= 4 is 5.91 Å². The van der Waals surface area contributed by atoms with E-state index in [1.54, 1.807) is 18.2 Å². The minimum atomic E-state index is -0.700. The van der Waals surface area contributed by atoms with Gasteiger partial charge in [0.25, 0.3) is 5.91 Å². The fourth-order valence-corrected chi connectivity index (χ4v) is 2.66. The number of H-pyrrole nitrogens is 1. The molecule has 0 spiro atoms. The van der Waals surface area contributed by atoms with E-state index < -0.39 is 17.5 Å². The van der Waals surface area contributed by atoms with E-state index in [1.807, 2.05) is 0 Å². The Morgan fingerprint density at radius 1 is 1.07 bits per heavy atom. The van der Waals surface area contributed by atoms with Crippen molar-refractivity contribution in [2.24, 2.45) is 0 Å². The molecule has 8 heteroatoms. The highest BCUT2D eigenvalue weighted by Crippen LogP contribution is 2.32. The van der Waals surface area contributed by atoms with Gasteiger partial charge in [-0.2, -0.15) is 5.10 Å². The number of methoxy groups -OCH3 is 2. The molecule has 3 aromatic rings. The third-order valence-electron chi connectivity index (χ3n) is 3.93. The molecule has 1 heterocycles. The van der Waals surface area contributed by atoms with Gasteiger partial charge < -0.3 is 14.8 Å². The Kier molecular flexibility index (Phi) is 5.35. The molecule has 0 radical (unpaired) electrons. The standard InChI is InChI=1S/C19H17F2N3O3/c1-26-16-4-3-12(7-17(16)27-2)18-15(10-23-24-18)19(25)22-9-11-5-13(20)8-14(21)6-11/h3-8,10H,9H2,1-2H3,(H,22,25)(H,23,24). The van der Waals surface area contributed by atoms with Crippen molar-refractivity contribution < 1.29 is 23.0 Å². The fourth-order valence-electron chi connectivity index (χ4n) is 2.66. The number of amides is 1. The lowest BCUT2D eigenvalue weighted by atomic mass is 10.1. The molecule has 0 unspecified atom stereocenters. The summed E-state index contributed by atoms with van der Waals surface area (Å²) in [6, 6.07) is 8.28. The Morgan fingerprint density at radius 3 is 2.44 bits per heavy atom. The van der Waals surface area contributed by atoms with Crippen molar-refractivity contribution in [3.63, 3.8) is 0 Å². The summed E-state index contributed by atoms with van der Waals surface area (Å²) in [5, 5.41) is 9.33. The van der Waals surface area contributed by atoms with Gasteiger partial charge in [0.2, 0.25) is 0 Å². The van der Waals surface area contributed by atoms with Gasteiger partial charge in [-0.15, -0.1) is 0 Å². The van der Waals surface area contributed by atoms with Crippen LogP contribution in [0.25, 0.3) is 11.3 Å². The molecule has 0 aliphatic heterocycles. The first-order valence-electron chi connectivity index (χ1n) is 8.00. The zero-order valence-electron chi connectivity index (χ0n) is 14.7. The number of rotatable bonds is 6. The third kappa shape index (κ3) is 4.05. The van der Waals surface area contributed by atoms with Crippen molar-refractivity contribution in [2.75, 3.05) is 14.2 Å². The van der Waals surface area contributed by atoms with E-state index in [2.05, 4.69) is 15.5 Å². The summed E-state index contributed by atoms with van der Waals surface area (Å²) in [6.07, 6.45) is 1.38. The van der Waals surface area contributed by atoms with Crippen LogP contribution in [0.5, 0.6) is 11.5 Å². The van der Waals surface area contributed by atoms with Gasteiger partial charge in [0, 0.05) is 18.2 Å². The Balaban J connectivity index is 1.81.